The second-order valence-corrected chi connectivity index (χ2v) is 5.19. The number of halogens is 1. The summed E-state index contributed by atoms with van der Waals surface area (Å²) in [6.45, 7) is 2.85. The quantitative estimate of drug-likeness (QED) is 0.747. The van der Waals surface area contributed by atoms with Gasteiger partial charge < -0.3 is 10.1 Å². The van der Waals surface area contributed by atoms with Crippen molar-refractivity contribution in [3.8, 4) is 0 Å². The van der Waals surface area contributed by atoms with Crippen molar-refractivity contribution in [2.45, 2.75) is 13.7 Å². The molecule has 22 heavy (non-hydrogen) atoms. The smallest absolute Gasteiger partial charge is 0.277 e. The molecular weight excluding hydrogens is 352 g/mol. The first kappa shape index (κ1) is 14.7. The summed E-state index contributed by atoms with van der Waals surface area (Å²) in [5.41, 5.74) is 1.41. The second kappa shape index (κ2) is 6.24. The second-order valence-electron chi connectivity index (χ2n) is 4.39. The summed E-state index contributed by atoms with van der Waals surface area (Å²) >= 11 is 3.36. The van der Waals surface area contributed by atoms with E-state index in [0.29, 0.717) is 29.1 Å². The van der Waals surface area contributed by atoms with Crippen molar-refractivity contribution >= 4 is 33.2 Å². The molecule has 1 N–H and O–H groups in total. The van der Waals surface area contributed by atoms with Crippen LogP contribution in [0.25, 0.3) is 5.65 Å². The highest BCUT2D eigenvalue weighted by Gasteiger charge is 2.18. The van der Waals surface area contributed by atoms with Gasteiger partial charge in [0.15, 0.2) is 11.3 Å². The van der Waals surface area contributed by atoms with E-state index in [1.54, 1.807) is 35.5 Å². The molecule has 0 bridgehead atoms. The SMILES string of the molecule is CCOCn1cc(NC(=O)c2nn3cccnc3c2Br)cn1. The van der Waals surface area contributed by atoms with Crippen molar-refractivity contribution in [3.05, 3.63) is 41.0 Å². The van der Waals surface area contributed by atoms with E-state index < -0.39 is 0 Å². The highest BCUT2D eigenvalue weighted by Crippen LogP contribution is 2.21. The Bertz CT molecular complexity index is 812. The van der Waals surface area contributed by atoms with Crippen molar-refractivity contribution in [1.29, 1.82) is 0 Å². The maximum absolute atomic E-state index is 12.3. The molecule has 0 aromatic carbocycles. The summed E-state index contributed by atoms with van der Waals surface area (Å²) in [7, 11) is 0. The molecular formula is C13H13BrN6O2. The molecule has 0 aliphatic rings. The van der Waals surface area contributed by atoms with Crippen LogP contribution < -0.4 is 5.32 Å². The maximum atomic E-state index is 12.3. The number of nitrogens with one attached hydrogen (secondary N) is 1. The van der Waals surface area contributed by atoms with Gasteiger partial charge in [0.1, 0.15) is 6.73 Å². The standard InChI is InChI=1S/C13H13BrN6O2/c1-2-22-8-19-7-9(6-16-19)17-13(21)11-10(14)12-15-4-3-5-20(12)18-11/h3-7H,2,8H2,1H3,(H,17,21). The van der Waals surface area contributed by atoms with Crippen LogP contribution in [-0.4, -0.2) is 36.9 Å². The Kier molecular flexibility index (Phi) is 4.16. The fourth-order valence-electron chi connectivity index (χ4n) is 1.88. The van der Waals surface area contributed by atoms with Crippen LogP contribution in [0.4, 0.5) is 5.69 Å². The van der Waals surface area contributed by atoms with Crippen LogP contribution in [0.15, 0.2) is 35.3 Å². The number of fused-ring (bicyclic) bond motifs is 1. The predicted molar refractivity (Wildman–Crippen MR) is 82.5 cm³/mol. The number of amides is 1. The van der Waals surface area contributed by atoms with Gasteiger partial charge in [-0.3, -0.25) is 4.79 Å². The van der Waals surface area contributed by atoms with Crippen LogP contribution in [0.1, 0.15) is 17.4 Å². The van der Waals surface area contributed by atoms with Crippen LogP contribution in [-0.2, 0) is 11.5 Å². The van der Waals surface area contributed by atoms with E-state index >= 15 is 0 Å². The highest BCUT2D eigenvalue weighted by molar-refractivity contribution is 9.10. The van der Waals surface area contributed by atoms with E-state index in [0.717, 1.165) is 0 Å². The molecule has 0 saturated heterocycles. The molecule has 0 unspecified atom stereocenters. The lowest BCUT2D eigenvalue weighted by Crippen LogP contribution is -2.13. The third-order valence-corrected chi connectivity index (χ3v) is 3.60. The summed E-state index contributed by atoms with van der Waals surface area (Å²) in [6, 6.07) is 1.74. The average molecular weight is 365 g/mol. The lowest BCUT2D eigenvalue weighted by atomic mass is 10.4. The van der Waals surface area contributed by atoms with E-state index in [4.69, 9.17) is 4.74 Å². The topological polar surface area (TPSA) is 86.3 Å². The minimum atomic E-state index is -0.340. The van der Waals surface area contributed by atoms with Gasteiger partial charge in [0.05, 0.1) is 22.6 Å². The number of ether oxygens (including phenoxy) is 1. The minimum absolute atomic E-state index is 0.260. The summed E-state index contributed by atoms with van der Waals surface area (Å²) in [5.74, 6) is -0.340. The van der Waals surface area contributed by atoms with Gasteiger partial charge in [-0.25, -0.2) is 14.2 Å². The van der Waals surface area contributed by atoms with Gasteiger partial charge in [0.25, 0.3) is 5.91 Å². The molecule has 0 radical (unpaired) electrons. The summed E-state index contributed by atoms with van der Waals surface area (Å²) in [6.07, 6.45) is 6.61. The summed E-state index contributed by atoms with van der Waals surface area (Å²) in [5, 5.41) is 11.0. The van der Waals surface area contributed by atoms with Crippen molar-refractivity contribution in [2.24, 2.45) is 0 Å². The third-order valence-electron chi connectivity index (χ3n) is 2.87. The Morgan fingerprint density at radius 2 is 2.36 bits per heavy atom. The van der Waals surface area contributed by atoms with Crippen LogP contribution in [0, 0.1) is 0 Å². The molecule has 0 aliphatic carbocycles. The van der Waals surface area contributed by atoms with Gasteiger partial charge in [-0.1, -0.05) is 0 Å². The van der Waals surface area contributed by atoms with Crippen molar-refractivity contribution in [3.63, 3.8) is 0 Å². The molecule has 0 fully saturated rings. The number of anilines is 1. The first-order chi connectivity index (χ1) is 10.7. The largest absolute Gasteiger partial charge is 0.360 e. The number of hydrogen-bond donors (Lipinski definition) is 1. The van der Waals surface area contributed by atoms with Crippen molar-refractivity contribution in [2.75, 3.05) is 11.9 Å². The number of aromatic nitrogens is 5. The van der Waals surface area contributed by atoms with E-state index in [2.05, 4.69) is 36.4 Å². The zero-order valence-corrected chi connectivity index (χ0v) is 13.3. The number of hydrogen-bond acceptors (Lipinski definition) is 5. The van der Waals surface area contributed by atoms with Crippen LogP contribution in [0.3, 0.4) is 0 Å². The summed E-state index contributed by atoms with van der Waals surface area (Å²) in [4.78, 5) is 16.5. The normalized spacial score (nSPS) is 11.0. The Labute approximate surface area is 134 Å². The lowest BCUT2D eigenvalue weighted by Gasteiger charge is -2.00. The summed E-state index contributed by atoms with van der Waals surface area (Å²) < 4.78 is 8.92. The number of nitrogens with zero attached hydrogens (tertiary/aromatic N) is 5. The minimum Gasteiger partial charge on any atom is -0.360 e. The Morgan fingerprint density at radius 1 is 1.50 bits per heavy atom. The van der Waals surface area contributed by atoms with E-state index in [9.17, 15) is 4.79 Å². The van der Waals surface area contributed by atoms with Gasteiger partial charge in [0.2, 0.25) is 0 Å². The maximum Gasteiger partial charge on any atom is 0.277 e. The average Bonchev–Trinajstić information content (AvgIpc) is 3.10. The van der Waals surface area contributed by atoms with Crippen LogP contribution >= 0.6 is 15.9 Å². The molecule has 3 aromatic heterocycles. The van der Waals surface area contributed by atoms with E-state index in [1.165, 1.54) is 4.52 Å². The molecule has 0 spiro atoms. The molecule has 9 heteroatoms. The third kappa shape index (κ3) is 2.85. The van der Waals surface area contributed by atoms with E-state index in [-0.39, 0.29) is 11.6 Å². The predicted octanol–water partition coefficient (Wildman–Crippen LogP) is 1.93. The molecule has 8 nitrogen and oxygen atoms in total. The van der Waals surface area contributed by atoms with Crippen molar-refractivity contribution in [1.82, 2.24) is 24.4 Å². The number of carbonyl (C=O) groups excluding carboxylic acids is 1. The molecule has 3 heterocycles. The highest BCUT2D eigenvalue weighted by atomic mass is 79.9. The van der Waals surface area contributed by atoms with Gasteiger partial charge in [-0.05, 0) is 28.9 Å². The monoisotopic (exact) mass is 364 g/mol. The number of rotatable bonds is 5. The van der Waals surface area contributed by atoms with Crippen LogP contribution in [0.5, 0.6) is 0 Å². The Morgan fingerprint density at radius 3 is 3.14 bits per heavy atom. The Hall–Kier alpha value is -2.26. The lowest BCUT2D eigenvalue weighted by molar-refractivity contribution is 0.0792. The first-order valence-corrected chi connectivity index (χ1v) is 7.38. The Balaban J connectivity index is 1.78. The van der Waals surface area contributed by atoms with Crippen LogP contribution in [0.2, 0.25) is 0 Å². The van der Waals surface area contributed by atoms with Crippen molar-refractivity contribution < 1.29 is 9.53 Å². The van der Waals surface area contributed by atoms with E-state index in [1.807, 2.05) is 6.92 Å². The first-order valence-electron chi connectivity index (χ1n) is 6.59. The van der Waals surface area contributed by atoms with Gasteiger partial charge in [0, 0.05) is 19.0 Å². The molecule has 1 amide bonds. The van der Waals surface area contributed by atoms with Gasteiger partial charge in [-0.15, -0.1) is 0 Å². The number of carbonyl (C=O) groups is 1. The molecule has 0 saturated carbocycles. The fourth-order valence-corrected chi connectivity index (χ4v) is 2.42. The van der Waals surface area contributed by atoms with Gasteiger partial charge >= 0.3 is 0 Å². The molecule has 0 atom stereocenters. The fraction of sp³-hybridized carbons (Fsp3) is 0.231. The zero-order valence-electron chi connectivity index (χ0n) is 11.7. The molecule has 3 rings (SSSR count). The zero-order chi connectivity index (χ0) is 15.5. The molecule has 114 valence electrons. The molecule has 3 aromatic rings. The van der Waals surface area contributed by atoms with Gasteiger partial charge in [-0.2, -0.15) is 10.2 Å². The molecule has 0 aliphatic heterocycles.